The molecule has 0 spiro atoms. The third-order valence-corrected chi connectivity index (χ3v) is 2.45. The molecule has 0 fully saturated rings. The highest BCUT2D eigenvalue weighted by Crippen LogP contribution is 2.28. The van der Waals surface area contributed by atoms with E-state index in [0.29, 0.717) is 15.7 Å². The SMILES string of the molecule is Nc1cnc2cc(Cl)ccc2c1Cl. The van der Waals surface area contributed by atoms with E-state index in [2.05, 4.69) is 4.98 Å². The molecule has 4 heteroatoms. The molecule has 13 heavy (non-hydrogen) atoms. The van der Waals surface area contributed by atoms with Crippen LogP contribution < -0.4 is 5.73 Å². The maximum atomic E-state index is 5.97. The number of nitrogens with zero attached hydrogens (tertiary/aromatic N) is 1. The lowest BCUT2D eigenvalue weighted by molar-refractivity contribution is 1.41. The topological polar surface area (TPSA) is 38.9 Å². The van der Waals surface area contributed by atoms with Gasteiger partial charge in [0.25, 0.3) is 0 Å². The van der Waals surface area contributed by atoms with Crippen LogP contribution in [-0.4, -0.2) is 4.98 Å². The second kappa shape index (κ2) is 3.05. The van der Waals surface area contributed by atoms with E-state index >= 15 is 0 Å². The molecule has 1 heterocycles. The molecule has 0 radical (unpaired) electrons. The Morgan fingerprint density at radius 3 is 2.77 bits per heavy atom. The predicted molar refractivity (Wildman–Crippen MR) is 56.2 cm³/mol. The third kappa shape index (κ3) is 1.43. The Kier molecular flexibility index (Phi) is 2.02. The summed E-state index contributed by atoms with van der Waals surface area (Å²) >= 11 is 11.8. The molecule has 0 aliphatic rings. The van der Waals surface area contributed by atoms with Gasteiger partial charge in [-0.2, -0.15) is 0 Å². The molecule has 1 aromatic heterocycles. The van der Waals surface area contributed by atoms with Crippen molar-refractivity contribution >= 4 is 39.8 Å². The van der Waals surface area contributed by atoms with Crippen LogP contribution in [0.25, 0.3) is 10.9 Å². The van der Waals surface area contributed by atoms with Crippen LogP contribution in [0.1, 0.15) is 0 Å². The van der Waals surface area contributed by atoms with Crippen molar-refractivity contribution in [2.75, 3.05) is 5.73 Å². The molecular weight excluding hydrogens is 207 g/mol. The molecule has 1 aromatic carbocycles. The standard InChI is InChI=1S/C9H6Cl2N2/c10-5-1-2-6-8(3-5)13-4-7(12)9(6)11/h1-4H,12H2. The highest BCUT2D eigenvalue weighted by atomic mass is 35.5. The Morgan fingerprint density at radius 2 is 2.00 bits per heavy atom. The molecule has 66 valence electrons. The van der Waals surface area contributed by atoms with Gasteiger partial charge < -0.3 is 5.73 Å². The lowest BCUT2D eigenvalue weighted by Gasteiger charge is -2.02. The van der Waals surface area contributed by atoms with Gasteiger partial charge in [0.05, 0.1) is 22.4 Å². The van der Waals surface area contributed by atoms with Gasteiger partial charge in [-0.05, 0) is 18.2 Å². The maximum Gasteiger partial charge on any atom is 0.0745 e. The minimum absolute atomic E-state index is 0.483. The highest BCUT2D eigenvalue weighted by Gasteiger charge is 2.03. The van der Waals surface area contributed by atoms with Gasteiger partial charge in [-0.1, -0.05) is 23.2 Å². The highest BCUT2D eigenvalue weighted by molar-refractivity contribution is 6.38. The van der Waals surface area contributed by atoms with Crippen LogP contribution in [0.5, 0.6) is 0 Å². The molecule has 2 nitrogen and oxygen atoms in total. The second-order valence-electron chi connectivity index (χ2n) is 2.69. The summed E-state index contributed by atoms with van der Waals surface area (Å²) in [6.45, 7) is 0. The Hall–Kier alpha value is -0.990. The molecule has 0 bridgehead atoms. The van der Waals surface area contributed by atoms with Crippen molar-refractivity contribution in [1.82, 2.24) is 4.98 Å². The number of hydrogen-bond acceptors (Lipinski definition) is 2. The van der Waals surface area contributed by atoms with Crippen LogP contribution in [0.3, 0.4) is 0 Å². The van der Waals surface area contributed by atoms with Crippen molar-refractivity contribution in [2.45, 2.75) is 0 Å². The Morgan fingerprint density at radius 1 is 1.23 bits per heavy atom. The molecule has 2 aromatic rings. The maximum absolute atomic E-state index is 5.97. The molecule has 0 atom stereocenters. The van der Waals surface area contributed by atoms with Gasteiger partial charge >= 0.3 is 0 Å². The summed E-state index contributed by atoms with van der Waals surface area (Å²) in [6.07, 6.45) is 1.53. The first-order valence-corrected chi connectivity index (χ1v) is 4.43. The van der Waals surface area contributed by atoms with E-state index in [-0.39, 0.29) is 0 Å². The number of rotatable bonds is 0. The summed E-state index contributed by atoms with van der Waals surface area (Å²) in [6, 6.07) is 5.32. The lowest BCUT2D eigenvalue weighted by Crippen LogP contribution is -1.89. The summed E-state index contributed by atoms with van der Waals surface area (Å²) < 4.78 is 0. The van der Waals surface area contributed by atoms with Crippen molar-refractivity contribution in [2.24, 2.45) is 0 Å². The molecular formula is C9H6Cl2N2. The van der Waals surface area contributed by atoms with Crippen LogP contribution in [-0.2, 0) is 0 Å². The van der Waals surface area contributed by atoms with Crippen LogP contribution in [0, 0.1) is 0 Å². The Labute approximate surface area is 85.3 Å². The third-order valence-electron chi connectivity index (χ3n) is 1.79. The summed E-state index contributed by atoms with van der Waals surface area (Å²) in [5, 5.41) is 1.99. The Bertz CT molecular complexity index is 468. The number of benzene rings is 1. The second-order valence-corrected chi connectivity index (χ2v) is 3.50. The number of halogens is 2. The van der Waals surface area contributed by atoms with Crippen LogP contribution in [0.2, 0.25) is 10.0 Å². The average molecular weight is 213 g/mol. The van der Waals surface area contributed by atoms with Crippen LogP contribution >= 0.6 is 23.2 Å². The van der Waals surface area contributed by atoms with Crippen molar-refractivity contribution < 1.29 is 0 Å². The van der Waals surface area contributed by atoms with Gasteiger partial charge in [0.15, 0.2) is 0 Å². The zero-order valence-electron chi connectivity index (χ0n) is 6.59. The normalized spacial score (nSPS) is 10.6. The van der Waals surface area contributed by atoms with E-state index < -0.39 is 0 Å². The molecule has 0 amide bonds. The minimum atomic E-state index is 0.483. The van der Waals surface area contributed by atoms with Gasteiger partial charge in [-0.3, -0.25) is 4.98 Å². The summed E-state index contributed by atoms with van der Waals surface area (Å²) in [5.41, 5.74) is 6.84. The molecule has 0 aliphatic carbocycles. The fourth-order valence-corrected chi connectivity index (χ4v) is 1.52. The number of nitrogen functional groups attached to an aromatic ring is 1. The number of anilines is 1. The molecule has 0 saturated heterocycles. The largest absolute Gasteiger partial charge is 0.396 e. The number of fused-ring (bicyclic) bond motifs is 1. The van der Waals surface area contributed by atoms with Gasteiger partial charge in [0.1, 0.15) is 0 Å². The van der Waals surface area contributed by atoms with Crippen LogP contribution in [0.15, 0.2) is 24.4 Å². The average Bonchev–Trinajstić information content (AvgIpc) is 2.12. The van der Waals surface area contributed by atoms with Crippen LogP contribution in [0.4, 0.5) is 5.69 Å². The van der Waals surface area contributed by atoms with Gasteiger partial charge in [0.2, 0.25) is 0 Å². The van der Waals surface area contributed by atoms with Crippen molar-refractivity contribution in [3.8, 4) is 0 Å². The van der Waals surface area contributed by atoms with Gasteiger partial charge in [-0.15, -0.1) is 0 Å². The summed E-state index contributed by atoms with van der Waals surface area (Å²) in [4.78, 5) is 4.11. The molecule has 0 aliphatic heterocycles. The monoisotopic (exact) mass is 212 g/mol. The van der Waals surface area contributed by atoms with Gasteiger partial charge in [-0.25, -0.2) is 0 Å². The number of nitrogens with two attached hydrogens (primary N) is 1. The number of pyridine rings is 1. The van der Waals surface area contributed by atoms with E-state index in [1.165, 1.54) is 6.20 Å². The van der Waals surface area contributed by atoms with E-state index in [4.69, 9.17) is 28.9 Å². The van der Waals surface area contributed by atoms with E-state index in [1.807, 2.05) is 6.07 Å². The molecule has 0 unspecified atom stereocenters. The van der Waals surface area contributed by atoms with E-state index in [1.54, 1.807) is 12.1 Å². The smallest absolute Gasteiger partial charge is 0.0745 e. The summed E-state index contributed by atoms with van der Waals surface area (Å²) in [5.74, 6) is 0. The fourth-order valence-electron chi connectivity index (χ4n) is 1.15. The molecule has 0 saturated carbocycles. The molecule has 2 rings (SSSR count). The zero-order chi connectivity index (χ0) is 9.42. The number of hydrogen-bond donors (Lipinski definition) is 1. The zero-order valence-corrected chi connectivity index (χ0v) is 8.10. The van der Waals surface area contributed by atoms with Gasteiger partial charge in [0, 0.05) is 10.4 Å². The molecule has 2 N–H and O–H groups in total. The first-order chi connectivity index (χ1) is 6.18. The fraction of sp³-hybridized carbons (Fsp3) is 0. The van der Waals surface area contributed by atoms with E-state index in [0.717, 1.165) is 10.9 Å². The quantitative estimate of drug-likeness (QED) is 0.730. The van der Waals surface area contributed by atoms with Crippen molar-refractivity contribution in [3.63, 3.8) is 0 Å². The Balaban J connectivity index is 2.87. The lowest BCUT2D eigenvalue weighted by atomic mass is 10.2. The first-order valence-electron chi connectivity index (χ1n) is 3.68. The first kappa shape index (κ1) is 8.60. The number of aromatic nitrogens is 1. The van der Waals surface area contributed by atoms with Crippen molar-refractivity contribution in [3.05, 3.63) is 34.4 Å². The summed E-state index contributed by atoms with van der Waals surface area (Å²) in [7, 11) is 0. The predicted octanol–water partition coefficient (Wildman–Crippen LogP) is 3.12. The van der Waals surface area contributed by atoms with Crippen molar-refractivity contribution in [1.29, 1.82) is 0 Å². The minimum Gasteiger partial charge on any atom is -0.396 e. The van der Waals surface area contributed by atoms with E-state index in [9.17, 15) is 0 Å².